The van der Waals surface area contributed by atoms with E-state index in [0.29, 0.717) is 18.3 Å². The lowest BCUT2D eigenvalue weighted by Gasteiger charge is -2.10. The van der Waals surface area contributed by atoms with E-state index in [9.17, 15) is 4.79 Å². The van der Waals surface area contributed by atoms with Gasteiger partial charge in [-0.1, -0.05) is 6.07 Å². The first-order valence-electron chi connectivity index (χ1n) is 4.93. The van der Waals surface area contributed by atoms with Crippen molar-refractivity contribution in [3.63, 3.8) is 0 Å². The molecule has 2 amide bonds. The highest BCUT2D eigenvalue weighted by atomic mass is 16.2. The summed E-state index contributed by atoms with van der Waals surface area (Å²) in [6, 6.07) is 3.08. The molecule has 0 radical (unpaired) electrons. The SMILES string of the molecule is CCN=C(NC(N)=O)Nc1ncccc1C. The Morgan fingerprint density at radius 3 is 2.94 bits per heavy atom. The third kappa shape index (κ3) is 3.56. The minimum absolute atomic E-state index is 0.303. The van der Waals surface area contributed by atoms with Crippen LogP contribution in [0.1, 0.15) is 12.5 Å². The quantitative estimate of drug-likeness (QED) is 0.510. The summed E-state index contributed by atoms with van der Waals surface area (Å²) in [6.45, 7) is 4.30. The number of carbonyl (C=O) groups excluding carboxylic acids is 1. The van der Waals surface area contributed by atoms with E-state index < -0.39 is 6.03 Å². The van der Waals surface area contributed by atoms with Crippen molar-refractivity contribution >= 4 is 17.8 Å². The van der Waals surface area contributed by atoms with Crippen LogP contribution >= 0.6 is 0 Å². The van der Waals surface area contributed by atoms with Gasteiger partial charge in [0.25, 0.3) is 0 Å². The molecule has 0 fully saturated rings. The number of pyridine rings is 1. The van der Waals surface area contributed by atoms with Crippen LogP contribution in [0, 0.1) is 6.92 Å². The molecule has 0 aliphatic heterocycles. The number of nitrogens with one attached hydrogen (secondary N) is 2. The van der Waals surface area contributed by atoms with Crippen LogP contribution in [0.2, 0.25) is 0 Å². The number of nitrogens with zero attached hydrogens (tertiary/aromatic N) is 2. The van der Waals surface area contributed by atoms with E-state index in [1.165, 1.54) is 0 Å². The number of primary amides is 1. The summed E-state index contributed by atoms with van der Waals surface area (Å²) < 4.78 is 0. The number of aliphatic imine (C=N–C) groups is 1. The highest BCUT2D eigenvalue weighted by Crippen LogP contribution is 2.08. The van der Waals surface area contributed by atoms with Crippen molar-refractivity contribution in [3.8, 4) is 0 Å². The Kier molecular flexibility index (Phi) is 4.26. The van der Waals surface area contributed by atoms with E-state index in [-0.39, 0.29) is 0 Å². The molecule has 4 N–H and O–H groups in total. The molecule has 1 heterocycles. The van der Waals surface area contributed by atoms with Gasteiger partial charge >= 0.3 is 6.03 Å². The fraction of sp³-hybridized carbons (Fsp3) is 0.300. The molecular weight excluding hydrogens is 206 g/mol. The molecule has 1 rings (SSSR count). The first-order chi connectivity index (χ1) is 7.63. The zero-order valence-corrected chi connectivity index (χ0v) is 9.32. The molecule has 0 bridgehead atoms. The van der Waals surface area contributed by atoms with Crippen molar-refractivity contribution in [1.82, 2.24) is 10.3 Å². The highest BCUT2D eigenvalue weighted by molar-refractivity contribution is 6.03. The minimum Gasteiger partial charge on any atom is -0.351 e. The molecule has 0 saturated heterocycles. The summed E-state index contributed by atoms with van der Waals surface area (Å²) in [5.74, 6) is 0.945. The summed E-state index contributed by atoms with van der Waals surface area (Å²) in [5, 5.41) is 5.30. The second-order valence-electron chi connectivity index (χ2n) is 3.11. The van der Waals surface area contributed by atoms with Gasteiger partial charge in [-0.25, -0.2) is 9.78 Å². The zero-order chi connectivity index (χ0) is 12.0. The molecule has 6 nitrogen and oxygen atoms in total. The van der Waals surface area contributed by atoms with Crippen molar-refractivity contribution in [2.45, 2.75) is 13.8 Å². The summed E-state index contributed by atoms with van der Waals surface area (Å²) in [4.78, 5) is 18.9. The molecule has 0 aromatic carbocycles. The molecule has 16 heavy (non-hydrogen) atoms. The molecule has 0 aliphatic rings. The lowest BCUT2D eigenvalue weighted by molar-refractivity contribution is 0.253. The van der Waals surface area contributed by atoms with Gasteiger partial charge in [0.05, 0.1) is 0 Å². The monoisotopic (exact) mass is 221 g/mol. The third-order valence-corrected chi connectivity index (χ3v) is 1.80. The highest BCUT2D eigenvalue weighted by Gasteiger charge is 2.04. The Morgan fingerprint density at radius 1 is 1.62 bits per heavy atom. The fourth-order valence-electron chi connectivity index (χ4n) is 1.11. The van der Waals surface area contributed by atoms with Crippen LogP contribution in [0.15, 0.2) is 23.3 Å². The molecule has 0 saturated carbocycles. The van der Waals surface area contributed by atoms with Crippen LogP contribution in [-0.4, -0.2) is 23.5 Å². The lowest BCUT2D eigenvalue weighted by atomic mass is 10.3. The van der Waals surface area contributed by atoms with Gasteiger partial charge in [-0.15, -0.1) is 0 Å². The minimum atomic E-state index is -0.659. The number of hydrogen-bond acceptors (Lipinski definition) is 3. The Bertz CT molecular complexity index is 402. The van der Waals surface area contributed by atoms with Crippen LogP contribution in [0.5, 0.6) is 0 Å². The number of aromatic nitrogens is 1. The number of rotatable bonds is 2. The van der Waals surface area contributed by atoms with Gasteiger partial charge in [0.2, 0.25) is 5.96 Å². The predicted octanol–water partition coefficient (Wildman–Crippen LogP) is 0.846. The van der Waals surface area contributed by atoms with Gasteiger partial charge in [0.15, 0.2) is 0 Å². The maximum Gasteiger partial charge on any atom is 0.318 e. The molecule has 0 spiro atoms. The third-order valence-electron chi connectivity index (χ3n) is 1.80. The predicted molar refractivity (Wildman–Crippen MR) is 63.3 cm³/mol. The average molecular weight is 221 g/mol. The fourth-order valence-corrected chi connectivity index (χ4v) is 1.11. The number of guanidine groups is 1. The van der Waals surface area contributed by atoms with Gasteiger partial charge in [-0.2, -0.15) is 0 Å². The molecule has 6 heteroatoms. The van der Waals surface area contributed by atoms with Gasteiger partial charge < -0.3 is 11.1 Å². The van der Waals surface area contributed by atoms with Crippen molar-refractivity contribution in [2.24, 2.45) is 10.7 Å². The number of anilines is 1. The molecule has 1 aromatic heterocycles. The van der Waals surface area contributed by atoms with Crippen LogP contribution in [-0.2, 0) is 0 Å². The van der Waals surface area contributed by atoms with E-state index in [0.717, 1.165) is 5.56 Å². The summed E-state index contributed by atoms with van der Waals surface area (Å²) in [5.41, 5.74) is 5.98. The molecule has 0 aliphatic carbocycles. The maximum absolute atomic E-state index is 10.7. The first kappa shape index (κ1) is 12.0. The molecule has 1 aromatic rings. The second-order valence-corrected chi connectivity index (χ2v) is 3.11. The van der Waals surface area contributed by atoms with Crippen LogP contribution in [0.3, 0.4) is 0 Å². The number of amides is 2. The largest absolute Gasteiger partial charge is 0.351 e. The molecule has 86 valence electrons. The smallest absolute Gasteiger partial charge is 0.318 e. The van der Waals surface area contributed by atoms with E-state index in [1.807, 2.05) is 26.0 Å². The van der Waals surface area contributed by atoms with Crippen molar-refractivity contribution < 1.29 is 4.79 Å². The zero-order valence-electron chi connectivity index (χ0n) is 9.32. The Morgan fingerprint density at radius 2 is 2.38 bits per heavy atom. The Hall–Kier alpha value is -2.11. The van der Waals surface area contributed by atoms with E-state index >= 15 is 0 Å². The summed E-state index contributed by atoms with van der Waals surface area (Å²) >= 11 is 0. The van der Waals surface area contributed by atoms with E-state index in [4.69, 9.17) is 5.73 Å². The topological polar surface area (TPSA) is 92.4 Å². The Balaban J connectivity index is 2.80. The molecule has 0 atom stereocenters. The standard InChI is InChI=1S/C10H15N5O/c1-3-12-10(15-9(11)16)14-8-7(2)5-4-6-13-8/h4-6H,3H2,1-2H3,(H4,11,12,13,14,15,16). The normalized spacial score (nSPS) is 11.0. The second kappa shape index (κ2) is 5.69. The van der Waals surface area contributed by atoms with Crippen LogP contribution < -0.4 is 16.4 Å². The number of carbonyl (C=O) groups is 1. The maximum atomic E-state index is 10.7. The van der Waals surface area contributed by atoms with Crippen LogP contribution in [0.4, 0.5) is 10.6 Å². The van der Waals surface area contributed by atoms with Crippen molar-refractivity contribution in [3.05, 3.63) is 23.9 Å². The summed E-state index contributed by atoms with van der Waals surface area (Å²) in [7, 11) is 0. The van der Waals surface area contributed by atoms with E-state index in [1.54, 1.807) is 6.20 Å². The average Bonchev–Trinajstić information content (AvgIpc) is 2.21. The van der Waals surface area contributed by atoms with Gasteiger partial charge in [-0.05, 0) is 25.5 Å². The number of nitrogens with two attached hydrogens (primary N) is 1. The van der Waals surface area contributed by atoms with Gasteiger partial charge in [0.1, 0.15) is 5.82 Å². The first-order valence-corrected chi connectivity index (χ1v) is 4.93. The van der Waals surface area contributed by atoms with Crippen molar-refractivity contribution in [1.29, 1.82) is 0 Å². The van der Waals surface area contributed by atoms with Gasteiger partial charge in [-0.3, -0.25) is 10.3 Å². The number of hydrogen-bond donors (Lipinski definition) is 3. The molecular formula is C10H15N5O. The summed E-state index contributed by atoms with van der Waals surface area (Å²) in [6.07, 6.45) is 1.66. The van der Waals surface area contributed by atoms with Crippen LogP contribution in [0.25, 0.3) is 0 Å². The number of urea groups is 1. The Labute approximate surface area is 94.0 Å². The van der Waals surface area contributed by atoms with Gasteiger partial charge in [0, 0.05) is 12.7 Å². The lowest BCUT2D eigenvalue weighted by Crippen LogP contribution is -2.39. The van der Waals surface area contributed by atoms with Crippen molar-refractivity contribution in [2.75, 3.05) is 11.9 Å². The molecule has 0 unspecified atom stereocenters. The number of aryl methyl sites for hydroxylation is 1. The van der Waals surface area contributed by atoms with E-state index in [2.05, 4.69) is 20.6 Å².